The molecule has 1 heterocycles. The van der Waals surface area contributed by atoms with E-state index in [1.54, 1.807) is 16.9 Å². The zero-order valence-electron chi connectivity index (χ0n) is 13.1. The van der Waals surface area contributed by atoms with Crippen LogP contribution in [0.15, 0.2) is 42.6 Å². The highest BCUT2D eigenvalue weighted by atomic mass is 32.2. The largest absolute Gasteiger partial charge is 0.351 e. The third kappa shape index (κ3) is 4.90. The lowest BCUT2D eigenvalue weighted by Crippen LogP contribution is -2.31. The van der Waals surface area contributed by atoms with Crippen molar-refractivity contribution in [1.29, 1.82) is 0 Å². The van der Waals surface area contributed by atoms with Crippen LogP contribution in [0.5, 0.6) is 0 Å². The summed E-state index contributed by atoms with van der Waals surface area (Å²) in [5, 5.41) is 6.97. The number of rotatable bonds is 7. The Morgan fingerprint density at radius 3 is 2.61 bits per heavy atom. The number of hydrogen-bond acceptors (Lipinski definition) is 4. The van der Waals surface area contributed by atoms with Crippen LogP contribution in [0.25, 0.3) is 5.69 Å². The highest BCUT2D eigenvalue weighted by Crippen LogP contribution is 2.06. The van der Waals surface area contributed by atoms with Crippen LogP contribution >= 0.6 is 0 Å². The highest BCUT2D eigenvalue weighted by molar-refractivity contribution is 7.88. The minimum atomic E-state index is -3.18. The number of aromatic nitrogens is 2. The predicted molar refractivity (Wildman–Crippen MR) is 88.0 cm³/mol. The van der Waals surface area contributed by atoms with Crippen LogP contribution in [0.3, 0.4) is 0 Å². The lowest BCUT2D eigenvalue weighted by Gasteiger charge is -2.13. The van der Waals surface area contributed by atoms with Gasteiger partial charge in [0, 0.05) is 26.3 Å². The van der Waals surface area contributed by atoms with E-state index in [1.165, 1.54) is 11.4 Å². The Balaban J connectivity index is 1.84. The first-order valence-electron chi connectivity index (χ1n) is 7.18. The topological polar surface area (TPSA) is 84.3 Å². The van der Waals surface area contributed by atoms with Gasteiger partial charge < -0.3 is 5.32 Å². The van der Waals surface area contributed by atoms with Crippen molar-refractivity contribution >= 4 is 15.9 Å². The zero-order chi connectivity index (χ0) is 16.9. The van der Waals surface area contributed by atoms with Gasteiger partial charge in [0.2, 0.25) is 10.0 Å². The minimum absolute atomic E-state index is 0.276. The molecule has 7 nitrogen and oxygen atoms in total. The Bertz CT molecular complexity index is 756. The quantitative estimate of drug-likeness (QED) is 0.761. The number of benzene rings is 1. The summed E-state index contributed by atoms with van der Waals surface area (Å²) in [5.74, 6) is -0.276. The van der Waals surface area contributed by atoms with E-state index in [1.807, 2.05) is 30.3 Å². The van der Waals surface area contributed by atoms with Gasteiger partial charge in [-0.15, -0.1) is 0 Å². The summed E-state index contributed by atoms with van der Waals surface area (Å²) >= 11 is 0. The molecule has 1 N–H and O–H groups in total. The summed E-state index contributed by atoms with van der Waals surface area (Å²) < 4.78 is 25.4. The number of para-hydroxylation sites is 1. The Kier molecular flexibility index (Phi) is 5.51. The molecule has 0 radical (unpaired) electrons. The van der Waals surface area contributed by atoms with Crippen molar-refractivity contribution in [3.63, 3.8) is 0 Å². The molecule has 124 valence electrons. The smallest absolute Gasteiger partial charge is 0.271 e. The van der Waals surface area contributed by atoms with Gasteiger partial charge in [-0.25, -0.2) is 17.4 Å². The normalized spacial score (nSPS) is 11.6. The van der Waals surface area contributed by atoms with Gasteiger partial charge in [0.05, 0.1) is 11.9 Å². The lowest BCUT2D eigenvalue weighted by atomic mass is 10.3. The summed E-state index contributed by atoms with van der Waals surface area (Å²) in [6.45, 7) is 0.745. The molecule has 8 heteroatoms. The monoisotopic (exact) mass is 336 g/mol. The van der Waals surface area contributed by atoms with E-state index in [0.29, 0.717) is 25.2 Å². The van der Waals surface area contributed by atoms with Crippen molar-refractivity contribution in [2.45, 2.75) is 6.42 Å². The molecule has 2 rings (SSSR count). The molecule has 0 fully saturated rings. The van der Waals surface area contributed by atoms with Crippen LogP contribution in [0.4, 0.5) is 0 Å². The molecular formula is C15H20N4O3S. The van der Waals surface area contributed by atoms with E-state index in [2.05, 4.69) is 10.4 Å². The maximum absolute atomic E-state index is 12.0. The van der Waals surface area contributed by atoms with E-state index in [0.717, 1.165) is 11.9 Å². The second-order valence-electron chi connectivity index (χ2n) is 5.18. The van der Waals surface area contributed by atoms with Gasteiger partial charge in [-0.2, -0.15) is 5.10 Å². The SMILES string of the molecule is CN(CCCNC(=O)c1ccn(-c2ccccc2)n1)S(C)(=O)=O. The van der Waals surface area contributed by atoms with Crippen molar-refractivity contribution < 1.29 is 13.2 Å². The average Bonchev–Trinajstić information content (AvgIpc) is 3.01. The maximum atomic E-state index is 12.0. The molecule has 2 aromatic rings. The van der Waals surface area contributed by atoms with Gasteiger partial charge in [0.1, 0.15) is 0 Å². The molecule has 0 saturated heterocycles. The van der Waals surface area contributed by atoms with Crippen molar-refractivity contribution in [3.05, 3.63) is 48.3 Å². The number of hydrogen-bond donors (Lipinski definition) is 1. The number of carbonyl (C=O) groups excluding carboxylic acids is 1. The van der Waals surface area contributed by atoms with Crippen molar-refractivity contribution in [2.75, 3.05) is 26.4 Å². The number of amides is 1. The fourth-order valence-electron chi connectivity index (χ4n) is 1.93. The summed E-state index contributed by atoms with van der Waals surface area (Å²) in [6.07, 6.45) is 3.41. The zero-order valence-corrected chi connectivity index (χ0v) is 14.0. The van der Waals surface area contributed by atoms with Gasteiger partial charge in [0.25, 0.3) is 5.91 Å². The van der Waals surface area contributed by atoms with Gasteiger partial charge in [-0.05, 0) is 24.6 Å². The highest BCUT2D eigenvalue weighted by Gasteiger charge is 2.12. The van der Waals surface area contributed by atoms with E-state index >= 15 is 0 Å². The van der Waals surface area contributed by atoms with E-state index in [9.17, 15) is 13.2 Å². The summed E-state index contributed by atoms with van der Waals surface area (Å²) in [7, 11) is -1.67. The first-order chi connectivity index (χ1) is 10.9. The van der Waals surface area contributed by atoms with Gasteiger partial charge in [-0.1, -0.05) is 18.2 Å². The average molecular weight is 336 g/mol. The number of nitrogens with one attached hydrogen (secondary N) is 1. The Hall–Kier alpha value is -2.19. The molecule has 0 aliphatic carbocycles. The molecule has 0 atom stereocenters. The molecule has 1 aromatic heterocycles. The van der Waals surface area contributed by atoms with E-state index in [-0.39, 0.29) is 5.91 Å². The Morgan fingerprint density at radius 1 is 1.26 bits per heavy atom. The summed E-state index contributed by atoms with van der Waals surface area (Å²) in [4.78, 5) is 12.0. The second kappa shape index (κ2) is 7.38. The van der Waals surface area contributed by atoms with Gasteiger partial charge in [0.15, 0.2) is 5.69 Å². The Morgan fingerprint density at radius 2 is 1.96 bits per heavy atom. The molecule has 0 aliphatic rings. The first-order valence-corrected chi connectivity index (χ1v) is 9.03. The van der Waals surface area contributed by atoms with Crippen LogP contribution in [0.2, 0.25) is 0 Å². The third-order valence-electron chi connectivity index (χ3n) is 3.34. The number of nitrogens with zero attached hydrogens (tertiary/aromatic N) is 3. The maximum Gasteiger partial charge on any atom is 0.271 e. The predicted octanol–water partition coefficient (Wildman–Crippen LogP) is 0.884. The summed E-state index contributed by atoms with van der Waals surface area (Å²) in [5.41, 5.74) is 1.20. The molecule has 0 saturated carbocycles. The number of sulfonamides is 1. The van der Waals surface area contributed by atoms with Gasteiger partial charge >= 0.3 is 0 Å². The fourth-order valence-corrected chi connectivity index (χ4v) is 2.39. The number of carbonyl (C=O) groups is 1. The lowest BCUT2D eigenvalue weighted by molar-refractivity contribution is 0.0947. The third-order valence-corrected chi connectivity index (χ3v) is 4.66. The van der Waals surface area contributed by atoms with Crippen LogP contribution in [0.1, 0.15) is 16.9 Å². The standard InChI is InChI=1S/C15H20N4O3S/c1-18(23(2,21)22)11-6-10-16-15(20)14-9-12-19(17-14)13-7-4-3-5-8-13/h3-5,7-9,12H,6,10-11H2,1-2H3,(H,16,20). The molecule has 1 amide bonds. The van der Waals surface area contributed by atoms with E-state index < -0.39 is 10.0 Å². The first kappa shape index (κ1) is 17.2. The van der Waals surface area contributed by atoms with Crippen molar-refractivity contribution in [1.82, 2.24) is 19.4 Å². The molecule has 0 unspecified atom stereocenters. The molecular weight excluding hydrogens is 316 g/mol. The van der Waals surface area contributed by atoms with Crippen molar-refractivity contribution in [3.8, 4) is 5.69 Å². The molecule has 0 aliphatic heterocycles. The van der Waals surface area contributed by atoms with Crippen LogP contribution in [-0.4, -0.2) is 54.8 Å². The molecule has 0 spiro atoms. The molecule has 23 heavy (non-hydrogen) atoms. The van der Waals surface area contributed by atoms with Crippen LogP contribution < -0.4 is 5.32 Å². The molecule has 1 aromatic carbocycles. The molecule has 0 bridgehead atoms. The van der Waals surface area contributed by atoms with Crippen molar-refractivity contribution in [2.24, 2.45) is 0 Å². The van der Waals surface area contributed by atoms with E-state index in [4.69, 9.17) is 0 Å². The summed E-state index contributed by atoms with van der Waals surface area (Å²) in [6, 6.07) is 11.1. The van der Waals surface area contributed by atoms with Gasteiger partial charge in [-0.3, -0.25) is 4.79 Å². The second-order valence-corrected chi connectivity index (χ2v) is 7.26. The van der Waals surface area contributed by atoms with Crippen LogP contribution in [-0.2, 0) is 10.0 Å². The van der Waals surface area contributed by atoms with Crippen LogP contribution in [0, 0.1) is 0 Å². The fraction of sp³-hybridized carbons (Fsp3) is 0.333. The minimum Gasteiger partial charge on any atom is -0.351 e. The Labute approximate surface area is 136 Å².